The van der Waals surface area contributed by atoms with Gasteiger partial charge in [0.1, 0.15) is 11.5 Å². The van der Waals surface area contributed by atoms with Gasteiger partial charge in [-0.1, -0.05) is 41.4 Å². The van der Waals surface area contributed by atoms with E-state index in [0.717, 1.165) is 6.21 Å². The lowest BCUT2D eigenvalue weighted by molar-refractivity contribution is -0.136. The lowest BCUT2D eigenvalue weighted by Gasteiger charge is -2.05. The van der Waals surface area contributed by atoms with Crippen LogP contribution in [0, 0.1) is 0 Å². The number of hydrogen-bond donors (Lipinski definition) is 3. The lowest BCUT2D eigenvalue weighted by atomic mass is 10.3. The first-order valence-electron chi connectivity index (χ1n) is 8.97. The summed E-state index contributed by atoms with van der Waals surface area (Å²) in [4.78, 5) is 23.9. The van der Waals surface area contributed by atoms with Crippen molar-refractivity contribution in [3.05, 3.63) is 82.2 Å². The van der Waals surface area contributed by atoms with Crippen LogP contribution in [0.3, 0.4) is 0 Å². The topological polar surface area (TPSA) is 130 Å². The standard InChI is InChI=1S/C20H16Cl2N4O5S/c21-13-8-14(22)10-15(9-13)25-19(27)20(28)26-23-11-16-6-7-17(31-16)12-24-32(29,30)18-4-2-1-3-5-18/h1-11,24H,12H2,(H,25,27)(H,26,28)/b23-11+. The molecule has 0 spiro atoms. The molecule has 0 aliphatic carbocycles. The summed E-state index contributed by atoms with van der Waals surface area (Å²) in [5.74, 6) is -1.44. The van der Waals surface area contributed by atoms with Gasteiger partial charge in [0.25, 0.3) is 0 Å². The number of rotatable bonds is 7. The summed E-state index contributed by atoms with van der Waals surface area (Å²) in [6.45, 7) is -0.0813. The van der Waals surface area contributed by atoms with E-state index < -0.39 is 21.8 Å². The van der Waals surface area contributed by atoms with Crippen LogP contribution in [0.2, 0.25) is 10.0 Å². The summed E-state index contributed by atoms with van der Waals surface area (Å²) in [5.41, 5.74) is 2.30. The third-order valence-electron chi connectivity index (χ3n) is 3.86. The third kappa shape index (κ3) is 6.66. The van der Waals surface area contributed by atoms with Gasteiger partial charge >= 0.3 is 11.8 Å². The van der Waals surface area contributed by atoms with E-state index in [4.69, 9.17) is 27.6 Å². The molecule has 12 heteroatoms. The molecule has 1 aromatic heterocycles. The molecule has 0 saturated carbocycles. The molecule has 0 radical (unpaired) electrons. The van der Waals surface area contributed by atoms with Gasteiger partial charge in [-0.15, -0.1) is 0 Å². The van der Waals surface area contributed by atoms with Gasteiger partial charge in [-0.25, -0.2) is 18.6 Å². The van der Waals surface area contributed by atoms with Crippen molar-refractivity contribution in [2.24, 2.45) is 5.10 Å². The van der Waals surface area contributed by atoms with Gasteiger partial charge in [0, 0.05) is 15.7 Å². The first-order chi connectivity index (χ1) is 15.2. The van der Waals surface area contributed by atoms with E-state index >= 15 is 0 Å². The molecule has 0 aliphatic rings. The monoisotopic (exact) mass is 494 g/mol. The second-order valence-corrected chi connectivity index (χ2v) is 8.89. The van der Waals surface area contributed by atoms with Gasteiger partial charge in [-0.2, -0.15) is 5.10 Å². The number of amides is 2. The van der Waals surface area contributed by atoms with Crippen LogP contribution in [0.1, 0.15) is 11.5 Å². The van der Waals surface area contributed by atoms with E-state index in [9.17, 15) is 18.0 Å². The maximum absolute atomic E-state index is 12.2. The average molecular weight is 495 g/mol. The highest BCUT2D eigenvalue weighted by Crippen LogP contribution is 2.22. The van der Waals surface area contributed by atoms with E-state index in [-0.39, 0.29) is 22.9 Å². The Morgan fingerprint density at radius 2 is 1.66 bits per heavy atom. The molecular formula is C20H16Cl2N4O5S. The molecule has 0 bridgehead atoms. The van der Waals surface area contributed by atoms with E-state index in [1.807, 2.05) is 5.43 Å². The van der Waals surface area contributed by atoms with Gasteiger partial charge in [-0.05, 0) is 42.5 Å². The highest BCUT2D eigenvalue weighted by Gasteiger charge is 2.15. The molecule has 1 heterocycles. The van der Waals surface area contributed by atoms with Crippen molar-refractivity contribution in [3.8, 4) is 0 Å². The SMILES string of the molecule is O=C(N/N=C/c1ccc(CNS(=O)(=O)c2ccccc2)o1)C(=O)Nc1cc(Cl)cc(Cl)c1. The van der Waals surface area contributed by atoms with Gasteiger partial charge in [0.2, 0.25) is 10.0 Å². The molecular weight excluding hydrogens is 479 g/mol. The summed E-state index contributed by atoms with van der Waals surface area (Å²) in [6, 6.07) is 15.3. The maximum Gasteiger partial charge on any atom is 0.329 e. The first kappa shape index (κ1) is 23.5. The highest BCUT2D eigenvalue weighted by atomic mass is 35.5. The van der Waals surface area contributed by atoms with E-state index in [2.05, 4.69) is 15.1 Å². The van der Waals surface area contributed by atoms with Crippen molar-refractivity contribution in [3.63, 3.8) is 0 Å². The quantitative estimate of drug-likeness (QED) is 0.264. The van der Waals surface area contributed by atoms with Crippen molar-refractivity contribution in [2.75, 3.05) is 5.32 Å². The Balaban J connectivity index is 1.51. The Kier molecular flexibility index (Phi) is 7.65. The second kappa shape index (κ2) is 10.4. The number of carbonyl (C=O) groups is 2. The summed E-state index contributed by atoms with van der Waals surface area (Å²) in [5, 5.41) is 6.57. The molecule has 0 saturated heterocycles. The molecule has 166 valence electrons. The zero-order valence-corrected chi connectivity index (χ0v) is 18.5. The Bertz CT molecular complexity index is 1240. The predicted octanol–water partition coefficient (Wildman–Crippen LogP) is 3.15. The van der Waals surface area contributed by atoms with E-state index in [1.54, 1.807) is 24.3 Å². The minimum atomic E-state index is -3.68. The molecule has 3 N–H and O–H groups in total. The van der Waals surface area contributed by atoms with Crippen LogP contribution < -0.4 is 15.5 Å². The van der Waals surface area contributed by atoms with Gasteiger partial charge < -0.3 is 9.73 Å². The van der Waals surface area contributed by atoms with Crippen LogP contribution in [0.15, 0.2) is 75.1 Å². The molecule has 0 unspecified atom stereocenters. The average Bonchev–Trinajstić information content (AvgIpc) is 3.20. The second-order valence-electron chi connectivity index (χ2n) is 6.25. The fourth-order valence-corrected chi connectivity index (χ4v) is 3.97. The smallest absolute Gasteiger partial charge is 0.329 e. The van der Waals surface area contributed by atoms with Crippen LogP contribution in [0.4, 0.5) is 5.69 Å². The zero-order chi connectivity index (χ0) is 23.1. The number of hydrazone groups is 1. The summed E-state index contributed by atoms with van der Waals surface area (Å²) >= 11 is 11.7. The molecule has 0 fully saturated rings. The number of nitrogens with zero attached hydrogens (tertiary/aromatic N) is 1. The van der Waals surface area contributed by atoms with Crippen molar-refractivity contribution >= 4 is 56.9 Å². The van der Waals surface area contributed by atoms with Crippen LogP contribution in [0.5, 0.6) is 0 Å². The van der Waals surface area contributed by atoms with Crippen LogP contribution in [0.25, 0.3) is 0 Å². The molecule has 3 rings (SSSR count). The molecule has 2 amide bonds. The third-order valence-corrected chi connectivity index (χ3v) is 5.71. The molecule has 9 nitrogen and oxygen atoms in total. The zero-order valence-electron chi connectivity index (χ0n) is 16.2. The predicted molar refractivity (Wildman–Crippen MR) is 120 cm³/mol. The highest BCUT2D eigenvalue weighted by molar-refractivity contribution is 7.89. The van der Waals surface area contributed by atoms with Gasteiger partial charge in [0.15, 0.2) is 0 Å². The molecule has 0 aliphatic heterocycles. The van der Waals surface area contributed by atoms with Crippen LogP contribution >= 0.6 is 23.2 Å². The Hall–Kier alpha value is -3.18. The normalized spacial score (nSPS) is 11.4. The molecule has 2 aromatic carbocycles. The Morgan fingerprint density at radius 1 is 0.969 bits per heavy atom. The number of carbonyl (C=O) groups excluding carboxylic acids is 2. The maximum atomic E-state index is 12.2. The number of benzene rings is 2. The summed E-state index contributed by atoms with van der Waals surface area (Å²) < 4.78 is 32.3. The summed E-state index contributed by atoms with van der Waals surface area (Å²) in [7, 11) is -3.68. The summed E-state index contributed by atoms with van der Waals surface area (Å²) in [6.07, 6.45) is 1.16. The first-order valence-corrected chi connectivity index (χ1v) is 11.2. The molecule has 3 aromatic rings. The molecule has 32 heavy (non-hydrogen) atoms. The van der Waals surface area contributed by atoms with Crippen molar-refractivity contribution in [1.82, 2.24) is 10.1 Å². The van der Waals surface area contributed by atoms with E-state index in [1.165, 1.54) is 36.4 Å². The number of anilines is 1. The lowest BCUT2D eigenvalue weighted by Crippen LogP contribution is -2.32. The fourth-order valence-electron chi connectivity index (χ4n) is 2.43. The number of furan rings is 1. The van der Waals surface area contributed by atoms with Crippen LogP contribution in [-0.4, -0.2) is 26.4 Å². The van der Waals surface area contributed by atoms with Gasteiger partial charge in [0.05, 0.1) is 17.7 Å². The van der Waals surface area contributed by atoms with Crippen molar-refractivity contribution < 1.29 is 22.4 Å². The van der Waals surface area contributed by atoms with E-state index in [0.29, 0.717) is 15.8 Å². The van der Waals surface area contributed by atoms with Crippen molar-refractivity contribution in [2.45, 2.75) is 11.4 Å². The minimum Gasteiger partial charge on any atom is -0.459 e. The van der Waals surface area contributed by atoms with Gasteiger partial charge in [-0.3, -0.25) is 9.59 Å². The Morgan fingerprint density at radius 3 is 2.34 bits per heavy atom. The van der Waals surface area contributed by atoms with Crippen molar-refractivity contribution in [1.29, 1.82) is 0 Å². The Labute approximate surface area is 193 Å². The number of halogens is 2. The largest absolute Gasteiger partial charge is 0.459 e. The number of sulfonamides is 1. The fraction of sp³-hybridized carbons (Fsp3) is 0.0500. The number of nitrogens with one attached hydrogen (secondary N) is 3. The number of hydrogen-bond acceptors (Lipinski definition) is 6. The minimum absolute atomic E-state index is 0.0813. The van der Waals surface area contributed by atoms with Crippen LogP contribution in [-0.2, 0) is 26.2 Å². The molecule has 0 atom stereocenters.